The van der Waals surface area contributed by atoms with Gasteiger partial charge < -0.3 is 10.2 Å². The maximum absolute atomic E-state index is 12.7. The Labute approximate surface area is 176 Å². The molecule has 0 heterocycles. The molecular weight excluding hydrogens is 368 g/mol. The summed E-state index contributed by atoms with van der Waals surface area (Å²) in [5.41, 5.74) is 4.50. The van der Waals surface area contributed by atoms with Crippen molar-refractivity contribution in [1.29, 1.82) is 0 Å². The van der Waals surface area contributed by atoms with E-state index in [1.54, 1.807) is 18.3 Å². The molecule has 3 heteroatoms. The molecule has 0 aliphatic carbocycles. The molecule has 1 N–H and O–H groups in total. The smallest absolute Gasteiger partial charge is 0.255 e. The third kappa shape index (κ3) is 4.47. The second-order valence-electron chi connectivity index (χ2n) is 6.74. The van der Waals surface area contributed by atoms with E-state index in [1.165, 1.54) is 0 Å². The first-order valence-electron chi connectivity index (χ1n) is 9.85. The predicted molar refractivity (Wildman–Crippen MR) is 123 cm³/mol. The molecule has 0 saturated heterocycles. The van der Waals surface area contributed by atoms with Crippen molar-refractivity contribution in [2.75, 3.05) is 4.90 Å². The molecule has 0 bridgehead atoms. The lowest BCUT2D eigenvalue weighted by Gasteiger charge is -2.28. The third-order valence-corrected chi connectivity index (χ3v) is 4.72. The Bertz CT molecular complexity index is 1070. The van der Waals surface area contributed by atoms with Crippen molar-refractivity contribution in [2.45, 2.75) is 0 Å². The Morgan fingerprint density at radius 1 is 0.567 bits per heavy atom. The molecule has 0 radical (unpaired) electrons. The van der Waals surface area contributed by atoms with Crippen LogP contribution < -0.4 is 10.2 Å². The summed E-state index contributed by atoms with van der Waals surface area (Å²) in [5, 5.41) is 2.97. The van der Waals surface area contributed by atoms with Gasteiger partial charge in [-0.25, -0.2) is 0 Å². The zero-order chi connectivity index (χ0) is 20.6. The van der Waals surface area contributed by atoms with Crippen molar-refractivity contribution in [2.24, 2.45) is 0 Å². The number of rotatable bonds is 6. The van der Waals surface area contributed by atoms with E-state index in [0.29, 0.717) is 5.56 Å². The van der Waals surface area contributed by atoms with Crippen molar-refractivity contribution in [3.8, 4) is 0 Å². The minimum atomic E-state index is -0.148. The van der Waals surface area contributed by atoms with Crippen LogP contribution in [0.1, 0.15) is 15.9 Å². The molecule has 1 amide bonds. The van der Waals surface area contributed by atoms with E-state index in [4.69, 9.17) is 0 Å². The van der Waals surface area contributed by atoms with E-state index in [1.807, 2.05) is 84.9 Å². The van der Waals surface area contributed by atoms with E-state index in [2.05, 4.69) is 34.5 Å². The van der Waals surface area contributed by atoms with Crippen LogP contribution in [-0.4, -0.2) is 5.91 Å². The lowest BCUT2D eigenvalue weighted by Crippen LogP contribution is -2.22. The van der Waals surface area contributed by atoms with Crippen molar-refractivity contribution in [3.63, 3.8) is 0 Å². The molecule has 0 saturated carbocycles. The van der Waals surface area contributed by atoms with Crippen LogP contribution in [0.4, 0.5) is 11.4 Å². The van der Waals surface area contributed by atoms with E-state index < -0.39 is 0 Å². The second kappa shape index (κ2) is 9.39. The SMILES string of the molecule is O=C(N/C=C(\c1ccccc1)N(c1ccccc1)c1ccccc1)c1ccccc1. The molecule has 0 atom stereocenters. The van der Waals surface area contributed by atoms with Gasteiger partial charge in [0, 0.05) is 23.1 Å². The van der Waals surface area contributed by atoms with Gasteiger partial charge in [0.2, 0.25) is 0 Å². The Morgan fingerprint density at radius 3 is 1.43 bits per heavy atom. The third-order valence-electron chi connectivity index (χ3n) is 4.72. The zero-order valence-electron chi connectivity index (χ0n) is 16.5. The quantitative estimate of drug-likeness (QED) is 0.422. The van der Waals surface area contributed by atoms with Crippen LogP contribution in [0.25, 0.3) is 5.70 Å². The molecule has 4 rings (SSSR count). The highest BCUT2D eigenvalue weighted by atomic mass is 16.1. The monoisotopic (exact) mass is 390 g/mol. The van der Waals surface area contributed by atoms with Crippen molar-refractivity contribution < 1.29 is 4.79 Å². The summed E-state index contributed by atoms with van der Waals surface area (Å²) in [6.45, 7) is 0. The van der Waals surface area contributed by atoms with E-state index in [-0.39, 0.29) is 5.91 Å². The van der Waals surface area contributed by atoms with Gasteiger partial charge in [-0.3, -0.25) is 4.79 Å². The number of hydrogen-bond acceptors (Lipinski definition) is 2. The van der Waals surface area contributed by atoms with Gasteiger partial charge in [-0.1, -0.05) is 84.9 Å². The Morgan fingerprint density at radius 2 is 0.967 bits per heavy atom. The van der Waals surface area contributed by atoms with Gasteiger partial charge in [-0.2, -0.15) is 0 Å². The molecular formula is C27H22N2O. The summed E-state index contributed by atoms with van der Waals surface area (Å²) in [5.74, 6) is -0.148. The first kappa shape index (κ1) is 19.2. The number of hydrogen-bond donors (Lipinski definition) is 1. The topological polar surface area (TPSA) is 32.3 Å². The number of nitrogens with one attached hydrogen (secondary N) is 1. The lowest BCUT2D eigenvalue weighted by atomic mass is 10.1. The molecule has 0 unspecified atom stereocenters. The fraction of sp³-hybridized carbons (Fsp3) is 0. The molecule has 0 aromatic heterocycles. The average molecular weight is 390 g/mol. The number of amides is 1. The van der Waals surface area contributed by atoms with Gasteiger partial charge in [0.05, 0.1) is 5.70 Å². The zero-order valence-corrected chi connectivity index (χ0v) is 16.5. The van der Waals surface area contributed by atoms with E-state index in [9.17, 15) is 4.79 Å². The summed E-state index contributed by atoms with van der Waals surface area (Å²) in [6.07, 6.45) is 1.78. The summed E-state index contributed by atoms with van der Waals surface area (Å²) in [4.78, 5) is 14.8. The molecule has 4 aromatic carbocycles. The Hall–Kier alpha value is -4.11. The highest BCUT2D eigenvalue weighted by Gasteiger charge is 2.17. The second-order valence-corrected chi connectivity index (χ2v) is 6.74. The van der Waals surface area contributed by atoms with Gasteiger partial charge >= 0.3 is 0 Å². The number of carbonyl (C=O) groups excluding carboxylic acids is 1. The van der Waals surface area contributed by atoms with Gasteiger partial charge in [-0.05, 0) is 42.0 Å². The van der Waals surface area contributed by atoms with Crippen LogP contribution in [-0.2, 0) is 0 Å². The molecule has 30 heavy (non-hydrogen) atoms. The van der Waals surface area contributed by atoms with Crippen LogP contribution in [0.2, 0.25) is 0 Å². The van der Waals surface area contributed by atoms with Gasteiger partial charge in [-0.15, -0.1) is 0 Å². The lowest BCUT2D eigenvalue weighted by molar-refractivity contribution is 0.0970. The molecule has 146 valence electrons. The highest BCUT2D eigenvalue weighted by molar-refractivity contribution is 5.96. The van der Waals surface area contributed by atoms with Crippen molar-refractivity contribution in [1.82, 2.24) is 5.32 Å². The van der Waals surface area contributed by atoms with Crippen LogP contribution in [0, 0.1) is 0 Å². The number of anilines is 2. The molecule has 3 nitrogen and oxygen atoms in total. The minimum Gasteiger partial charge on any atom is -0.326 e. The van der Waals surface area contributed by atoms with Gasteiger partial charge in [0.15, 0.2) is 0 Å². The van der Waals surface area contributed by atoms with E-state index in [0.717, 1.165) is 22.6 Å². The van der Waals surface area contributed by atoms with E-state index >= 15 is 0 Å². The molecule has 0 aliphatic heterocycles. The fourth-order valence-corrected chi connectivity index (χ4v) is 3.27. The van der Waals surface area contributed by atoms with Crippen LogP contribution >= 0.6 is 0 Å². The summed E-state index contributed by atoms with van der Waals surface area (Å²) in [7, 11) is 0. The van der Waals surface area contributed by atoms with Crippen molar-refractivity contribution >= 4 is 23.0 Å². The standard InChI is InChI=1S/C27H22N2O/c30-27(23-15-7-2-8-16-23)28-21-26(22-13-5-1-6-14-22)29(24-17-9-3-10-18-24)25-19-11-4-12-20-25/h1-21H,(H,28,30)/b26-21+. The fourth-order valence-electron chi connectivity index (χ4n) is 3.27. The number of para-hydroxylation sites is 2. The molecule has 0 aliphatic rings. The molecule has 0 spiro atoms. The summed E-state index contributed by atoms with van der Waals surface area (Å²) in [6, 6.07) is 39.5. The van der Waals surface area contributed by atoms with Gasteiger partial charge in [0.25, 0.3) is 5.91 Å². The first-order valence-corrected chi connectivity index (χ1v) is 9.85. The summed E-state index contributed by atoms with van der Waals surface area (Å²) < 4.78 is 0. The number of carbonyl (C=O) groups is 1. The number of nitrogens with zero attached hydrogens (tertiary/aromatic N) is 1. The highest BCUT2D eigenvalue weighted by Crippen LogP contribution is 2.34. The largest absolute Gasteiger partial charge is 0.326 e. The maximum atomic E-state index is 12.7. The average Bonchev–Trinajstić information content (AvgIpc) is 2.84. The predicted octanol–water partition coefficient (Wildman–Crippen LogP) is 6.25. The Balaban J connectivity index is 1.80. The first-order chi connectivity index (χ1) is 14.8. The van der Waals surface area contributed by atoms with Crippen LogP contribution in [0.3, 0.4) is 0 Å². The molecule has 4 aromatic rings. The normalized spacial score (nSPS) is 11.0. The van der Waals surface area contributed by atoms with Crippen molar-refractivity contribution in [3.05, 3.63) is 139 Å². The maximum Gasteiger partial charge on any atom is 0.255 e. The molecule has 0 fully saturated rings. The summed E-state index contributed by atoms with van der Waals surface area (Å²) >= 11 is 0. The van der Waals surface area contributed by atoms with Gasteiger partial charge in [0.1, 0.15) is 0 Å². The number of benzene rings is 4. The minimum absolute atomic E-state index is 0.148. The van der Waals surface area contributed by atoms with Crippen LogP contribution in [0.5, 0.6) is 0 Å². The van der Waals surface area contributed by atoms with Crippen LogP contribution in [0.15, 0.2) is 128 Å². The Kier molecular flexibility index (Phi) is 6.02.